The Kier molecular flexibility index (Phi) is 6.97. The normalized spacial score (nSPS) is 11.1. The molecule has 6 nitrogen and oxygen atoms in total. The van der Waals surface area contributed by atoms with Crippen LogP contribution < -0.4 is 18.5 Å². The first-order valence-electron chi connectivity index (χ1n) is 9.44. The van der Waals surface area contributed by atoms with Crippen molar-refractivity contribution in [2.45, 2.75) is 18.4 Å². The maximum Gasteiger partial charge on any atom is 0.264 e. The molecule has 3 aromatic carbocycles. The molecule has 0 bridgehead atoms. The number of benzene rings is 3. The fourth-order valence-electron chi connectivity index (χ4n) is 3.22. The molecule has 0 N–H and O–H groups in total. The first kappa shape index (κ1) is 22.8. The van der Waals surface area contributed by atoms with Crippen LogP contribution >= 0.6 is 11.6 Å². The SMILES string of the molecule is COc1cccc(CN(c2ccc(OC)c(OC)c2)S(=O)(=O)c2cccc(Cl)c2C)c1. The van der Waals surface area contributed by atoms with Crippen molar-refractivity contribution in [1.82, 2.24) is 0 Å². The zero-order valence-electron chi connectivity index (χ0n) is 17.8. The molecule has 3 rings (SSSR count). The van der Waals surface area contributed by atoms with E-state index in [-0.39, 0.29) is 11.4 Å². The number of rotatable bonds is 8. The monoisotopic (exact) mass is 461 g/mol. The molecule has 0 radical (unpaired) electrons. The average Bonchev–Trinajstić information content (AvgIpc) is 2.78. The van der Waals surface area contributed by atoms with Crippen molar-refractivity contribution in [3.8, 4) is 17.2 Å². The number of methoxy groups -OCH3 is 3. The van der Waals surface area contributed by atoms with Gasteiger partial charge >= 0.3 is 0 Å². The van der Waals surface area contributed by atoms with E-state index in [1.807, 2.05) is 12.1 Å². The molecule has 8 heteroatoms. The van der Waals surface area contributed by atoms with Crippen LogP contribution in [0.15, 0.2) is 65.6 Å². The quantitative estimate of drug-likeness (QED) is 0.468. The van der Waals surface area contributed by atoms with Crippen LogP contribution in [0.2, 0.25) is 5.02 Å². The molecule has 0 saturated heterocycles. The first-order chi connectivity index (χ1) is 14.8. The van der Waals surface area contributed by atoms with Crippen LogP contribution in [0.4, 0.5) is 5.69 Å². The third kappa shape index (κ3) is 4.73. The molecule has 0 atom stereocenters. The van der Waals surface area contributed by atoms with Crippen LogP contribution in [0, 0.1) is 6.92 Å². The average molecular weight is 462 g/mol. The zero-order chi connectivity index (χ0) is 22.6. The molecular formula is C23H24ClNO5S. The van der Waals surface area contributed by atoms with E-state index < -0.39 is 10.0 Å². The molecule has 0 fully saturated rings. The number of hydrogen-bond donors (Lipinski definition) is 0. The molecule has 0 aliphatic rings. The Morgan fingerprint density at radius 3 is 2.26 bits per heavy atom. The molecule has 0 spiro atoms. The fraction of sp³-hybridized carbons (Fsp3) is 0.217. The highest BCUT2D eigenvalue weighted by molar-refractivity contribution is 7.92. The summed E-state index contributed by atoms with van der Waals surface area (Å²) in [6.45, 7) is 1.77. The molecule has 0 aliphatic heterocycles. The molecule has 0 aromatic heterocycles. The Balaban J connectivity index is 2.17. The van der Waals surface area contributed by atoms with Gasteiger partial charge in [0, 0.05) is 11.1 Å². The summed E-state index contributed by atoms with van der Waals surface area (Å²) in [5.74, 6) is 1.57. The van der Waals surface area contributed by atoms with Crippen molar-refractivity contribution in [2.24, 2.45) is 0 Å². The molecule has 164 valence electrons. The highest BCUT2D eigenvalue weighted by atomic mass is 35.5. The van der Waals surface area contributed by atoms with E-state index in [1.54, 1.807) is 62.6 Å². The van der Waals surface area contributed by atoms with E-state index in [0.717, 1.165) is 5.56 Å². The van der Waals surface area contributed by atoms with Gasteiger partial charge in [0.25, 0.3) is 10.0 Å². The van der Waals surface area contributed by atoms with E-state index in [9.17, 15) is 8.42 Å². The molecule has 31 heavy (non-hydrogen) atoms. The Bertz CT molecular complexity index is 1180. The van der Waals surface area contributed by atoms with E-state index in [0.29, 0.717) is 33.5 Å². The van der Waals surface area contributed by atoms with Gasteiger partial charge in [0.1, 0.15) is 5.75 Å². The zero-order valence-corrected chi connectivity index (χ0v) is 19.3. The van der Waals surface area contributed by atoms with Crippen LogP contribution in [-0.4, -0.2) is 29.7 Å². The number of anilines is 1. The number of halogens is 1. The number of nitrogens with zero attached hydrogens (tertiary/aromatic N) is 1. The largest absolute Gasteiger partial charge is 0.497 e. The Hall–Kier alpha value is -2.90. The lowest BCUT2D eigenvalue weighted by Gasteiger charge is -2.26. The van der Waals surface area contributed by atoms with Gasteiger partial charge in [-0.25, -0.2) is 8.42 Å². The lowest BCUT2D eigenvalue weighted by atomic mass is 10.2. The number of sulfonamides is 1. The maximum absolute atomic E-state index is 13.8. The molecule has 3 aromatic rings. The molecule has 0 aliphatic carbocycles. The molecule has 0 unspecified atom stereocenters. The minimum absolute atomic E-state index is 0.0843. The van der Waals surface area contributed by atoms with E-state index >= 15 is 0 Å². The third-order valence-corrected chi connectivity index (χ3v) is 7.23. The van der Waals surface area contributed by atoms with Gasteiger partial charge in [-0.15, -0.1) is 0 Å². The smallest absolute Gasteiger partial charge is 0.264 e. The second kappa shape index (κ2) is 9.49. The van der Waals surface area contributed by atoms with Crippen LogP contribution in [0.25, 0.3) is 0 Å². The summed E-state index contributed by atoms with van der Waals surface area (Å²) in [6.07, 6.45) is 0. The van der Waals surface area contributed by atoms with Crippen molar-refractivity contribution in [2.75, 3.05) is 25.6 Å². The summed E-state index contributed by atoms with van der Waals surface area (Å²) in [5.41, 5.74) is 1.68. The van der Waals surface area contributed by atoms with Gasteiger partial charge in [-0.1, -0.05) is 29.8 Å². The second-order valence-corrected chi connectivity index (χ2v) is 9.00. The van der Waals surface area contributed by atoms with Crippen LogP contribution in [0.1, 0.15) is 11.1 Å². The molecular weight excluding hydrogens is 438 g/mol. The van der Waals surface area contributed by atoms with Crippen molar-refractivity contribution in [1.29, 1.82) is 0 Å². The molecule has 0 heterocycles. The van der Waals surface area contributed by atoms with Gasteiger partial charge in [-0.2, -0.15) is 0 Å². The maximum atomic E-state index is 13.8. The summed E-state index contributed by atoms with van der Waals surface area (Å²) in [7, 11) is 0.638. The summed E-state index contributed by atoms with van der Waals surface area (Å²) in [5, 5.41) is 0.384. The van der Waals surface area contributed by atoms with E-state index in [4.69, 9.17) is 25.8 Å². The van der Waals surface area contributed by atoms with E-state index in [2.05, 4.69) is 0 Å². The second-order valence-electron chi connectivity index (χ2n) is 6.77. The third-order valence-electron chi connectivity index (χ3n) is 4.90. The van der Waals surface area contributed by atoms with Crippen LogP contribution in [0.5, 0.6) is 17.2 Å². The topological polar surface area (TPSA) is 65.1 Å². The predicted octanol–water partition coefficient (Wildman–Crippen LogP) is 5.07. The van der Waals surface area contributed by atoms with Crippen molar-refractivity contribution < 1.29 is 22.6 Å². The van der Waals surface area contributed by atoms with Gasteiger partial charge in [-0.3, -0.25) is 4.31 Å². The van der Waals surface area contributed by atoms with Crippen LogP contribution in [0.3, 0.4) is 0 Å². The van der Waals surface area contributed by atoms with Crippen LogP contribution in [-0.2, 0) is 16.6 Å². The lowest BCUT2D eigenvalue weighted by molar-refractivity contribution is 0.355. The Labute approximate surface area is 188 Å². The van der Waals surface area contributed by atoms with Gasteiger partial charge in [0.2, 0.25) is 0 Å². The van der Waals surface area contributed by atoms with Crippen molar-refractivity contribution >= 4 is 27.3 Å². The van der Waals surface area contributed by atoms with Crippen molar-refractivity contribution in [3.63, 3.8) is 0 Å². The minimum atomic E-state index is -3.96. The Morgan fingerprint density at radius 2 is 1.58 bits per heavy atom. The highest BCUT2D eigenvalue weighted by Crippen LogP contribution is 2.36. The fourth-order valence-corrected chi connectivity index (χ4v) is 5.14. The first-order valence-corrected chi connectivity index (χ1v) is 11.3. The van der Waals surface area contributed by atoms with Gasteiger partial charge in [0.05, 0.1) is 38.5 Å². The highest BCUT2D eigenvalue weighted by Gasteiger charge is 2.28. The summed E-state index contributed by atoms with van der Waals surface area (Å²) < 4.78 is 44.9. The minimum Gasteiger partial charge on any atom is -0.497 e. The van der Waals surface area contributed by atoms with Crippen molar-refractivity contribution in [3.05, 3.63) is 76.8 Å². The predicted molar refractivity (Wildman–Crippen MR) is 122 cm³/mol. The number of hydrogen-bond acceptors (Lipinski definition) is 5. The summed E-state index contributed by atoms with van der Waals surface area (Å²) >= 11 is 6.22. The number of ether oxygens (including phenoxy) is 3. The summed E-state index contributed by atoms with van der Waals surface area (Å²) in [4.78, 5) is 0.137. The Morgan fingerprint density at radius 1 is 0.871 bits per heavy atom. The summed E-state index contributed by atoms with van der Waals surface area (Å²) in [6, 6.07) is 17.1. The van der Waals surface area contributed by atoms with E-state index in [1.165, 1.54) is 18.5 Å². The molecule has 0 amide bonds. The van der Waals surface area contributed by atoms with Gasteiger partial charge in [0.15, 0.2) is 11.5 Å². The van der Waals surface area contributed by atoms with Gasteiger partial charge < -0.3 is 14.2 Å². The van der Waals surface area contributed by atoms with Gasteiger partial charge in [-0.05, 0) is 54.4 Å². The molecule has 0 saturated carbocycles. The standard InChI is InChI=1S/C23H24ClNO5S/c1-16-20(24)9-6-10-23(16)31(26,27)25(15-17-7-5-8-19(13-17)28-2)18-11-12-21(29-3)22(14-18)30-4/h5-14H,15H2,1-4H3. The lowest BCUT2D eigenvalue weighted by Crippen LogP contribution is -2.31.